The molecule has 26 heavy (non-hydrogen) atoms. The lowest BCUT2D eigenvalue weighted by Crippen LogP contribution is -2.42. The van der Waals surface area contributed by atoms with Gasteiger partial charge < -0.3 is 15.4 Å². The molecule has 1 aliphatic rings. The zero-order valence-electron chi connectivity index (χ0n) is 14.7. The highest BCUT2D eigenvalue weighted by molar-refractivity contribution is 7.19. The number of aryl methyl sites for hydroxylation is 1. The smallest absolute Gasteiger partial charge is 0.263 e. The SMILES string of the molecule is Cc1ccc(OC(C)C(=O)N2CCc3c(sc4ncnc(N)c34)C2)cc1. The van der Waals surface area contributed by atoms with Gasteiger partial charge in [-0.25, -0.2) is 9.97 Å². The van der Waals surface area contributed by atoms with Gasteiger partial charge in [-0.15, -0.1) is 11.3 Å². The molecule has 1 atom stereocenters. The second-order valence-corrected chi connectivity index (χ2v) is 7.61. The molecule has 6 nitrogen and oxygen atoms in total. The van der Waals surface area contributed by atoms with Gasteiger partial charge in [0, 0.05) is 11.4 Å². The molecule has 0 aliphatic carbocycles. The zero-order valence-corrected chi connectivity index (χ0v) is 15.5. The number of thiophene rings is 1. The number of carbonyl (C=O) groups excluding carboxylic acids is 1. The van der Waals surface area contributed by atoms with E-state index in [0.717, 1.165) is 27.1 Å². The minimum absolute atomic E-state index is 0.00672. The van der Waals surface area contributed by atoms with Gasteiger partial charge >= 0.3 is 0 Å². The fourth-order valence-electron chi connectivity index (χ4n) is 3.27. The largest absolute Gasteiger partial charge is 0.481 e. The third-order valence-electron chi connectivity index (χ3n) is 4.66. The summed E-state index contributed by atoms with van der Waals surface area (Å²) in [5.41, 5.74) is 8.36. The van der Waals surface area contributed by atoms with Gasteiger partial charge in [-0.05, 0) is 38.0 Å². The molecule has 1 unspecified atom stereocenters. The molecule has 7 heteroatoms. The lowest BCUT2D eigenvalue weighted by atomic mass is 10.0. The van der Waals surface area contributed by atoms with Crippen LogP contribution in [0.15, 0.2) is 30.6 Å². The number of fused-ring (bicyclic) bond motifs is 3. The molecule has 0 fully saturated rings. The van der Waals surface area contributed by atoms with E-state index in [4.69, 9.17) is 10.5 Å². The van der Waals surface area contributed by atoms with Gasteiger partial charge in [0.2, 0.25) is 0 Å². The lowest BCUT2D eigenvalue weighted by Gasteiger charge is -2.29. The van der Waals surface area contributed by atoms with Crippen LogP contribution in [-0.4, -0.2) is 33.4 Å². The highest BCUT2D eigenvalue weighted by Gasteiger charge is 2.29. The fourth-order valence-corrected chi connectivity index (χ4v) is 4.48. The van der Waals surface area contributed by atoms with Crippen LogP contribution in [0.25, 0.3) is 10.2 Å². The first-order valence-corrected chi connectivity index (χ1v) is 9.37. The van der Waals surface area contributed by atoms with Gasteiger partial charge in [0.1, 0.15) is 22.7 Å². The summed E-state index contributed by atoms with van der Waals surface area (Å²) in [5, 5.41) is 0.948. The van der Waals surface area contributed by atoms with Crippen LogP contribution in [0.5, 0.6) is 5.75 Å². The Morgan fingerprint density at radius 3 is 2.85 bits per heavy atom. The maximum absolute atomic E-state index is 12.8. The van der Waals surface area contributed by atoms with Crippen LogP contribution in [0.2, 0.25) is 0 Å². The molecule has 0 saturated heterocycles. The normalized spacial score (nSPS) is 14.9. The summed E-state index contributed by atoms with van der Waals surface area (Å²) in [6.45, 7) is 5.03. The van der Waals surface area contributed by atoms with Gasteiger partial charge in [0.15, 0.2) is 6.10 Å². The number of nitrogen functional groups attached to an aromatic ring is 1. The first-order valence-electron chi connectivity index (χ1n) is 8.56. The quantitative estimate of drug-likeness (QED) is 0.769. The number of carbonyl (C=O) groups is 1. The number of ether oxygens (including phenoxy) is 1. The number of aromatic nitrogens is 2. The Balaban J connectivity index is 1.51. The number of benzene rings is 1. The van der Waals surface area contributed by atoms with Crippen LogP contribution in [0.4, 0.5) is 5.82 Å². The molecular weight excluding hydrogens is 348 g/mol. The molecule has 1 aliphatic heterocycles. The van der Waals surface area contributed by atoms with E-state index in [1.54, 1.807) is 18.3 Å². The van der Waals surface area contributed by atoms with E-state index in [1.165, 1.54) is 11.9 Å². The molecule has 3 heterocycles. The summed E-state index contributed by atoms with van der Waals surface area (Å²) in [6, 6.07) is 7.73. The van der Waals surface area contributed by atoms with Gasteiger partial charge in [-0.1, -0.05) is 17.7 Å². The van der Waals surface area contributed by atoms with Crippen molar-refractivity contribution in [2.24, 2.45) is 0 Å². The van der Waals surface area contributed by atoms with Crippen LogP contribution >= 0.6 is 11.3 Å². The summed E-state index contributed by atoms with van der Waals surface area (Å²) in [5.74, 6) is 1.22. The average Bonchev–Trinajstić information content (AvgIpc) is 3.01. The molecule has 0 spiro atoms. The number of anilines is 1. The standard InChI is InChI=1S/C19H20N4O2S/c1-11-3-5-13(6-4-11)25-12(2)19(24)23-8-7-14-15(9-23)26-18-16(14)17(20)21-10-22-18/h3-6,10,12H,7-9H2,1-2H3,(H2,20,21,22). The van der Waals surface area contributed by atoms with E-state index in [-0.39, 0.29) is 5.91 Å². The molecule has 4 rings (SSSR count). The van der Waals surface area contributed by atoms with Crippen molar-refractivity contribution in [2.75, 3.05) is 12.3 Å². The van der Waals surface area contributed by atoms with Crippen LogP contribution < -0.4 is 10.5 Å². The molecule has 0 saturated carbocycles. The Bertz CT molecular complexity index is 968. The van der Waals surface area contributed by atoms with Crippen LogP contribution in [-0.2, 0) is 17.8 Å². The predicted octanol–water partition coefficient (Wildman–Crippen LogP) is 2.93. The number of nitrogens with two attached hydrogens (primary N) is 1. The third kappa shape index (κ3) is 2.99. The van der Waals surface area contributed by atoms with E-state index in [1.807, 2.05) is 36.1 Å². The number of hydrogen-bond acceptors (Lipinski definition) is 6. The molecule has 2 N–H and O–H groups in total. The highest BCUT2D eigenvalue weighted by atomic mass is 32.1. The molecule has 3 aromatic rings. The van der Waals surface area contributed by atoms with Gasteiger partial charge in [0.05, 0.1) is 11.9 Å². The zero-order chi connectivity index (χ0) is 18.3. The summed E-state index contributed by atoms with van der Waals surface area (Å²) >= 11 is 1.59. The first kappa shape index (κ1) is 16.8. The van der Waals surface area contributed by atoms with Crippen molar-refractivity contribution in [3.05, 3.63) is 46.6 Å². The van der Waals surface area contributed by atoms with Crippen molar-refractivity contribution in [1.82, 2.24) is 14.9 Å². The lowest BCUT2D eigenvalue weighted by molar-refractivity contribution is -0.138. The Morgan fingerprint density at radius 1 is 1.31 bits per heavy atom. The predicted molar refractivity (Wildman–Crippen MR) is 102 cm³/mol. The molecule has 1 aromatic carbocycles. The molecular formula is C19H20N4O2S. The van der Waals surface area contributed by atoms with Crippen molar-refractivity contribution < 1.29 is 9.53 Å². The number of hydrogen-bond donors (Lipinski definition) is 1. The average molecular weight is 368 g/mol. The van der Waals surface area contributed by atoms with Crippen molar-refractivity contribution in [3.63, 3.8) is 0 Å². The van der Waals surface area contributed by atoms with Gasteiger partial charge in [-0.2, -0.15) is 0 Å². The van der Waals surface area contributed by atoms with Crippen LogP contribution in [0, 0.1) is 6.92 Å². The second kappa shape index (κ2) is 6.57. The highest BCUT2D eigenvalue weighted by Crippen LogP contribution is 2.36. The minimum atomic E-state index is -0.529. The second-order valence-electron chi connectivity index (χ2n) is 6.53. The van der Waals surface area contributed by atoms with Crippen molar-refractivity contribution in [3.8, 4) is 5.75 Å². The topological polar surface area (TPSA) is 81.3 Å². The van der Waals surface area contributed by atoms with Crippen LogP contribution in [0.1, 0.15) is 22.9 Å². The monoisotopic (exact) mass is 368 g/mol. The summed E-state index contributed by atoms with van der Waals surface area (Å²) in [7, 11) is 0. The number of amides is 1. The Labute approximate surface area is 155 Å². The number of rotatable bonds is 3. The summed E-state index contributed by atoms with van der Waals surface area (Å²) < 4.78 is 5.82. The van der Waals surface area contributed by atoms with E-state index in [9.17, 15) is 4.79 Å². The van der Waals surface area contributed by atoms with Crippen molar-refractivity contribution in [2.45, 2.75) is 32.9 Å². The van der Waals surface area contributed by atoms with E-state index < -0.39 is 6.10 Å². The van der Waals surface area contributed by atoms with Crippen molar-refractivity contribution >= 4 is 33.3 Å². The maximum atomic E-state index is 12.8. The molecule has 0 bridgehead atoms. The number of nitrogens with zero attached hydrogens (tertiary/aromatic N) is 3. The Morgan fingerprint density at radius 2 is 2.08 bits per heavy atom. The van der Waals surface area contributed by atoms with E-state index in [0.29, 0.717) is 24.7 Å². The Hall–Kier alpha value is -2.67. The molecule has 134 valence electrons. The Kier molecular flexibility index (Phi) is 4.24. The van der Waals surface area contributed by atoms with E-state index >= 15 is 0 Å². The van der Waals surface area contributed by atoms with Crippen LogP contribution in [0.3, 0.4) is 0 Å². The van der Waals surface area contributed by atoms with Gasteiger partial charge in [0.25, 0.3) is 5.91 Å². The molecule has 0 radical (unpaired) electrons. The first-order chi connectivity index (χ1) is 12.5. The van der Waals surface area contributed by atoms with Gasteiger partial charge in [-0.3, -0.25) is 4.79 Å². The molecule has 1 amide bonds. The fraction of sp³-hybridized carbons (Fsp3) is 0.316. The van der Waals surface area contributed by atoms with Crippen molar-refractivity contribution in [1.29, 1.82) is 0 Å². The summed E-state index contributed by atoms with van der Waals surface area (Å²) in [4.78, 5) is 25.1. The maximum Gasteiger partial charge on any atom is 0.263 e. The minimum Gasteiger partial charge on any atom is -0.481 e. The summed E-state index contributed by atoms with van der Waals surface area (Å²) in [6.07, 6.45) is 1.72. The van der Waals surface area contributed by atoms with E-state index in [2.05, 4.69) is 9.97 Å². The third-order valence-corrected chi connectivity index (χ3v) is 5.78. The molecule has 2 aromatic heterocycles.